The minimum absolute atomic E-state index is 0.551. The van der Waals surface area contributed by atoms with Crippen LogP contribution < -0.4 is 0 Å². The van der Waals surface area contributed by atoms with Crippen LogP contribution in [0.5, 0.6) is 0 Å². The number of rotatable bonds is 12. The third-order valence-electron chi connectivity index (χ3n) is 4.99. The van der Waals surface area contributed by atoms with Crippen LogP contribution in [-0.2, 0) is 6.54 Å². The highest BCUT2D eigenvalue weighted by atomic mass is 15.4. The Labute approximate surface area is 149 Å². The fourth-order valence-electron chi connectivity index (χ4n) is 3.58. The molecule has 0 saturated heterocycles. The molecule has 1 aromatic rings. The van der Waals surface area contributed by atoms with Gasteiger partial charge in [0.05, 0.1) is 0 Å². The largest absolute Gasteiger partial charge is 0.356 e. The molecule has 1 aliphatic rings. The first-order chi connectivity index (χ1) is 11.8. The highest BCUT2D eigenvalue weighted by Crippen LogP contribution is 2.23. The first-order valence-electron chi connectivity index (χ1n) is 10.1. The van der Waals surface area contributed by atoms with Gasteiger partial charge in [-0.15, -0.1) is 0 Å². The SMILES string of the molecule is CCCCCCCCCN1C=CN(Cc2ccccc2)C1CCC. The van der Waals surface area contributed by atoms with E-state index in [4.69, 9.17) is 0 Å². The summed E-state index contributed by atoms with van der Waals surface area (Å²) in [5.74, 6) is 0. The smallest absolute Gasteiger partial charge is 0.101 e. The van der Waals surface area contributed by atoms with E-state index in [0.717, 1.165) is 6.54 Å². The van der Waals surface area contributed by atoms with Gasteiger partial charge in [-0.2, -0.15) is 0 Å². The minimum Gasteiger partial charge on any atom is -0.356 e. The predicted molar refractivity (Wildman–Crippen MR) is 105 cm³/mol. The average molecular weight is 329 g/mol. The number of nitrogens with zero attached hydrogens (tertiary/aromatic N) is 2. The molecule has 1 aromatic carbocycles. The summed E-state index contributed by atoms with van der Waals surface area (Å²) in [6, 6.07) is 10.8. The molecule has 0 aromatic heterocycles. The van der Waals surface area contributed by atoms with Gasteiger partial charge in [0, 0.05) is 25.5 Å². The van der Waals surface area contributed by atoms with E-state index in [2.05, 4.69) is 66.4 Å². The lowest BCUT2D eigenvalue weighted by molar-refractivity contribution is 0.134. The molecule has 1 atom stereocenters. The van der Waals surface area contributed by atoms with E-state index in [1.807, 2.05) is 0 Å². The molecule has 0 N–H and O–H groups in total. The van der Waals surface area contributed by atoms with Gasteiger partial charge >= 0.3 is 0 Å². The number of hydrogen-bond donors (Lipinski definition) is 0. The Balaban J connectivity index is 1.73. The van der Waals surface area contributed by atoms with Crippen molar-refractivity contribution in [1.82, 2.24) is 9.80 Å². The zero-order valence-electron chi connectivity index (χ0n) is 15.8. The van der Waals surface area contributed by atoms with Crippen molar-refractivity contribution in [3.05, 3.63) is 48.3 Å². The van der Waals surface area contributed by atoms with Crippen molar-refractivity contribution in [2.75, 3.05) is 6.54 Å². The monoisotopic (exact) mass is 328 g/mol. The molecular formula is C22H36N2. The van der Waals surface area contributed by atoms with Gasteiger partial charge in [-0.3, -0.25) is 0 Å². The quantitative estimate of drug-likeness (QED) is 0.424. The Bertz CT molecular complexity index is 454. The van der Waals surface area contributed by atoms with Gasteiger partial charge in [0.15, 0.2) is 0 Å². The Morgan fingerprint density at radius 3 is 2.12 bits per heavy atom. The second-order valence-electron chi connectivity index (χ2n) is 7.08. The lowest BCUT2D eigenvalue weighted by Gasteiger charge is -2.33. The normalized spacial score (nSPS) is 17.0. The Hall–Kier alpha value is -1.44. The molecule has 2 heteroatoms. The van der Waals surface area contributed by atoms with E-state index >= 15 is 0 Å². The van der Waals surface area contributed by atoms with Crippen LogP contribution in [0.1, 0.15) is 77.2 Å². The first-order valence-corrected chi connectivity index (χ1v) is 10.1. The van der Waals surface area contributed by atoms with Crippen LogP contribution >= 0.6 is 0 Å². The summed E-state index contributed by atoms with van der Waals surface area (Å²) in [5.41, 5.74) is 1.40. The Morgan fingerprint density at radius 1 is 0.750 bits per heavy atom. The van der Waals surface area contributed by atoms with Gasteiger partial charge in [-0.1, -0.05) is 89.1 Å². The molecule has 2 rings (SSSR count). The molecule has 0 bridgehead atoms. The molecule has 0 radical (unpaired) electrons. The lowest BCUT2D eigenvalue weighted by Crippen LogP contribution is -2.38. The molecule has 0 spiro atoms. The average Bonchev–Trinajstić information content (AvgIpc) is 2.97. The molecule has 134 valence electrons. The molecule has 24 heavy (non-hydrogen) atoms. The fraction of sp³-hybridized carbons (Fsp3) is 0.636. The molecule has 1 unspecified atom stereocenters. The van der Waals surface area contributed by atoms with Crippen molar-refractivity contribution in [3.63, 3.8) is 0 Å². The molecule has 0 amide bonds. The van der Waals surface area contributed by atoms with E-state index in [1.165, 1.54) is 69.9 Å². The summed E-state index contributed by atoms with van der Waals surface area (Å²) >= 11 is 0. The lowest BCUT2D eigenvalue weighted by atomic mass is 10.1. The predicted octanol–water partition coefficient (Wildman–Crippen LogP) is 6.15. The zero-order valence-corrected chi connectivity index (χ0v) is 15.8. The zero-order chi connectivity index (χ0) is 17.0. The third kappa shape index (κ3) is 6.22. The first kappa shape index (κ1) is 18.9. The molecule has 0 fully saturated rings. The van der Waals surface area contributed by atoms with Gasteiger partial charge in [-0.25, -0.2) is 0 Å². The molecule has 0 saturated carbocycles. The van der Waals surface area contributed by atoms with Crippen LogP contribution in [0.4, 0.5) is 0 Å². The number of benzene rings is 1. The van der Waals surface area contributed by atoms with Gasteiger partial charge in [0.1, 0.15) is 6.17 Å². The molecule has 1 aliphatic heterocycles. The third-order valence-corrected chi connectivity index (χ3v) is 4.99. The Kier molecular flexibility index (Phi) is 8.80. The van der Waals surface area contributed by atoms with E-state index in [-0.39, 0.29) is 0 Å². The minimum atomic E-state index is 0.551. The van der Waals surface area contributed by atoms with Crippen molar-refractivity contribution in [2.45, 2.75) is 84.3 Å². The van der Waals surface area contributed by atoms with Gasteiger partial charge in [0.25, 0.3) is 0 Å². The molecule has 2 nitrogen and oxygen atoms in total. The standard InChI is InChI=1S/C22H36N2/c1-3-5-6-7-8-9-13-17-23-18-19-24(22(23)14-4-2)20-21-15-11-10-12-16-21/h10-12,15-16,18-19,22H,3-9,13-14,17,20H2,1-2H3. The van der Waals surface area contributed by atoms with Crippen LogP contribution in [0.15, 0.2) is 42.7 Å². The van der Waals surface area contributed by atoms with Crippen molar-refractivity contribution in [2.24, 2.45) is 0 Å². The Morgan fingerprint density at radius 2 is 1.42 bits per heavy atom. The molecule has 1 heterocycles. The van der Waals surface area contributed by atoms with Crippen LogP contribution in [0, 0.1) is 0 Å². The maximum Gasteiger partial charge on any atom is 0.101 e. The number of hydrogen-bond acceptors (Lipinski definition) is 2. The van der Waals surface area contributed by atoms with E-state index < -0.39 is 0 Å². The van der Waals surface area contributed by atoms with E-state index in [1.54, 1.807) is 0 Å². The maximum atomic E-state index is 2.57. The second-order valence-corrected chi connectivity index (χ2v) is 7.08. The number of unbranched alkanes of at least 4 members (excludes halogenated alkanes) is 6. The van der Waals surface area contributed by atoms with Gasteiger partial charge < -0.3 is 9.80 Å². The van der Waals surface area contributed by atoms with Crippen molar-refractivity contribution < 1.29 is 0 Å². The molecule has 0 aliphatic carbocycles. The highest BCUT2D eigenvalue weighted by molar-refractivity contribution is 5.15. The van der Waals surface area contributed by atoms with Crippen LogP contribution in [-0.4, -0.2) is 22.5 Å². The van der Waals surface area contributed by atoms with Crippen molar-refractivity contribution in [3.8, 4) is 0 Å². The summed E-state index contributed by atoms with van der Waals surface area (Å²) in [6.07, 6.45) is 17.4. The van der Waals surface area contributed by atoms with E-state index in [9.17, 15) is 0 Å². The summed E-state index contributed by atoms with van der Waals surface area (Å²) in [5, 5.41) is 0. The molecular weight excluding hydrogens is 292 g/mol. The van der Waals surface area contributed by atoms with Crippen LogP contribution in [0.3, 0.4) is 0 Å². The fourth-order valence-corrected chi connectivity index (χ4v) is 3.58. The topological polar surface area (TPSA) is 6.48 Å². The van der Waals surface area contributed by atoms with E-state index in [0.29, 0.717) is 6.17 Å². The summed E-state index contributed by atoms with van der Waals surface area (Å²) in [4.78, 5) is 5.08. The highest BCUT2D eigenvalue weighted by Gasteiger charge is 2.24. The van der Waals surface area contributed by atoms with Crippen LogP contribution in [0.25, 0.3) is 0 Å². The van der Waals surface area contributed by atoms with Crippen molar-refractivity contribution in [1.29, 1.82) is 0 Å². The summed E-state index contributed by atoms with van der Waals surface area (Å²) in [6.45, 7) is 6.81. The van der Waals surface area contributed by atoms with Crippen LogP contribution in [0.2, 0.25) is 0 Å². The maximum absolute atomic E-state index is 2.57. The van der Waals surface area contributed by atoms with Gasteiger partial charge in [-0.05, 0) is 18.4 Å². The summed E-state index contributed by atoms with van der Waals surface area (Å²) < 4.78 is 0. The second kappa shape index (κ2) is 11.2. The van der Waals surface area contributed by atoms with Gasteiger partial charge in [0.2, 0.25) is 0 Å². The van der Waals surface area contributed by atoms with Crippen molar-refractivity contribution >= 4 is 0 Å². The summed E-state index contributed by atoms with van der Waals surface area (Å²) in [7, 11) is 0.